The molecule has 4 aromatic rings. The number of halogens is 3. The van der Waals surface area contributed by atoms with Crippen LogP contribution >= 0.6 is 23.2 Å². The van der Waals surface area contributed by atoms with Crippen molar-refractivity contribution in [1.82, 2.24) is 14.3 Å². The van der Waals surface area contributed by atoms with Gasteiger partial charge in [0.05, 0.1) is 39.2 Å². The van der Waals surface area contributed by atoms with Crippen LogP contribution in [-0.4, -0.2) is 30.1 Å². The molecule has 11 heteroatoms. The molecule has 4 rings (SSSR count). The lowest BCUT2D eigenvalue weighted by atomic mass is 10.1. The van der Waals surface area contributed by atoms with Crippen molar-refractivity contribution in [1.29, 1.82) is 5.26 Å². The van der Waals surface area contributed by atoms with Crippen molar-refractivity contribution < 1.29 is 17.6 Å². The van der Waals surface area contributed by atoms with Crippen molar-refractivity contribution in [3.63, 3.8) is 0 Å². The molecule has 0 saturated heterocycles. The number of benzene rings is 2. The third-order valence-electron chi connectivity index (χ3n) is 4.76. The van der Waals surface area contributed by atoms with E-state index in [9.17, 15) is 17.6 Å². The van der Waals surface area contributed by atoms with Crippen LogP contribution in [0, 0.1) is 17.1 Å². The van der Waals surface area contributed by atoms with E-state index in [4.69, 9.17) is 28.5 Å². The van der Waals surface area contributed by atoms with E-state index < -0.39 is 27.3 Å². The SMILES string of the molecule is CS(=O)(=O)NC(=O)c1cc(Cl)c(-n2cc(Cl)c3cc(-c4ccc(C#N)cc4)cnc32)cc1F. The topological polar surface area (TPSA) is 105 Å². The van der Waals surface area contributed by atoms with Gasteiger partial charge in [-0.3, -0.25) is 9.36 Å². The number of hydrogen-bond donors (Lipinski definition) is 1. The molecule has 0 aliphatic rings. The maximum Gasteiger partial charge on any atom is 0.267 e. The number of carbonyl (C=O) groups is 1. The molecule has 0 unspecified atom stereocenters. The molecule has 1 amide bonds. The van der Waals surface area contributed by atoms with Crippen molar-refractivity contribution in [2.45, 2.75) is 0 Å². The maximum atomic E-state index is 14.7. The van der Waals surface area contributed by atoms with Gasteiger partial charge in [-0.1, -0.05) is 35.3 Å². The van der Waals surface area contributed by atoms with Crippen molar-refractivity contribution in [3.05, 3.63) is 81.8 Å². The second-order valence-electron chi connectivity index (χ2n) is 7.12. The number of nitriles is 1. The van der Waals surface area contributed by atoms with E-state index in [1.807, 2.05) is 0 Å². The minimum atomic E-state index is -3.88. The number of carbonyl (C=O) groups excluding carboxylic acids is 1. The number of fused-ring (bicyclic) bond motifs is 1. The number of sulfonamides is 1. The molecule has 2 aromatic carbocycles. The van der Waals surface area contributed by atoms with Gasteiger partial charge in [-0.05, 0) is 29.8 Å². The third-order valence-corrected chi connectivity index (χ3v) is 5.92. The Kier molecular flexibility index (Phi) is 5.84. The number of aromatic nitrogens is 2. The molecule has 0 saturated carbocycles. The van der Waals surface area contributed by atoms with Gasteiger partial charge in [0.2, 0.25) is 10.0 Å². The van der Waals surface area contributed by atoms with Gasteiger partial charge in [0, 0.05) is 29.4 Å². The lowest BCUT2D eigenvalue weighted by Gasteiger charge is -2.11. The third kappa shape index (κ3) is 4.54. The number of amides is 1. The zero-order valence-corrected chi connectivity index (χ0v) is 19.1. The summed E-state index contributed by atoms with van der Waals surface area (Å²) in [4.78, 5) is 16.5. The molecule has 0 fully saturated rings. The average Bonchev–Trinajstić information content (AvgIpc) is 3.09. The van der Waals surface area contributed by atoms with E-state index in [-0.39, 0.29) is 10.7 Å². The van der Waals surface area contributed by atoms with Gasteiger partial charge in [0.1, 0.15) is 11.5 Å². The summed E-state index contributed by atoms with van der Waals surface area (Å²) in [5.74, 6) is -2.10. The van der Waals surface area contributed by atoms with Crippen LogP contribution in [0.15, 0.2) is 54.9 Å². The summed E-state index contributed by atoms with van der Waals surface area (Å²) >= 11 is 12.7. The summed E-state index contributed by atoms with van der Waals surface area (Å²) < 4.78 is 40.4. The molecule has 0 atom stereocenters. The quantitative estimate of drug-likeness (QED) is 0.435. The molecule has 0 aliphatic carbocycles. The van der Waals surface area contributed by atoms with E-state index in [1.54, 1.807) is 41.3 Å². The highest BCUT2D eigenvalue weighted by Crippen LogP contribution is 2.34. The normalized spacial score (nSPS) is 11.4. The first-order chi connectivity index (χ1) is 15.6. The Labute approximate surface area is 198 Å². The smallest absolute Gasteiger partial charge is 0.267 e. The summed E-state index contributed by atoms with van der Waals surface area (Å²) in [5.41, 5.74) is 2.16. The minimum Gasteiger partial charge on any atom is -0.298 e. The summed E-state index contributed by atoms with van der Waals surface area (Å²) in [6, 6.07) is 12.9. The van der Waals surface area contributed by atoms with E-state index >= 15 is 0 Å². The van der Waals surface area contributed by atoms with Crippen LogP contribution in [0.2, 0.25) is 10.0 Å². The molecular formula is C22H13Cl2FN4O3S. The number of rotatable bonds is 4. The first-order valence-corrected chi connectivity index (χ1v) is 11.9. The van der Waals surface area contributed by atoms with Crippen molar-refractivity contribution in [2.75, 3.05) is 6.26 Å². The molecule has 0 bridgehead atoms. The monoisotopic (exact) mass is 502 g/mol. The van der Waals surface area contributed by atoms with Gasteiger partial charge < -0.3 is 0 Å². The fourth-order valence-electron chi connectivity index (χ4n) is 3.27. The Morgan fingerprint density at radius 1 is 1.12 bits per heavy atom. The summed E-state index contributed by atoms with van der Waals surface area (Å²) in [6.45, 7) is 0. The fraction of sp³-hybridized carbons (Fsp3) is 0.0455. The Bertz CT molecular complexity index is 1580. The highest BCUT2D eigenvalue weighted by atomic mass is 35.5. The Hall–Kier alpha value is -3.45. The van der Waals surface area contributed by atoms with Crippen LogP contribution < -0.4 is 4.72 Å². The largest absolute Gasteiger partial charge is 0.298 e. The molecular weight excluding hydrogens is 490 g/mol. The summed E-state index contributed by atoms with van der Waals surface area (Å²) in [6.07, 6.45) is 3.90. The molecule has 0 aliphatic heterocycles. The molecule has 1 N–H and O–H groups in total. The Morgan fingerprint density at radius 3 is 2.45 bits per heavy atom. The Morgan fingerprint density at radius 2 is 1.82 bits per heavy atom. The van der Waals surface area contributed by atoms with Crippen LogP contribution in [-0.2, 0) is 10.0 Å². The number of hydrogen-bond acceptors (Lipinski definition) is 5. The zero-order chi connectivity index (χ0) is 23.9. The van der Waals surface area contributed by atoms with Gasteiger partial charge in [-0.2, -0.15) is 5.26 Å². The first kappa shape index (κ1) is 22.7. The van der Waals surface area contributed by atoms with Crippen LogP contribution in [0.25, 0.3) is 27.8 Å². The highest BCUT2D eigenvalue weighted by molar-refractivity contribution is 7.89. The molecule has 166 valence electrons. The van der Waals surface area contributed by atoms with E-state index in [0.717, 1.165) is 29.5 Å². The standard InChI is InChI=1S/C22H13Cl2FN4O3S/c1-33(31,32)28-22(30)16-7-17(23)20(8-19(16)25)29-11-18(24)15-6-14(10-27-21(15)29)13-4-2-12(9-26)3-5-13/h2-8,10-11H,1H3,(H,28,30). The molecule has 2 heterocycles. The van der Waals surface area contributed by atoms with Crippen molar-refractivity contribution in [2.24, 2.45) is 0 Å². The number of nitrogens with zero attached hydrogens (tertiary/aromatic N) is 3. The molecule has 7 nitrogen and oxygen atoms in total. The molecule has 0 radical (unpaired) electrons. The van der Waals surface area contributed by atoms with Gasteiger partial charge in [0.15, 0.2) is 0 Å². The Balaban J connectivity index is 1.78. The van der Waals surface area contributed by atoms with Crippen molar-refractivity contribution in [3.8, 4) is 22.9 Å². The van der Waals surface area contributed by atoms with Crippen LogP contribution in [0.1, 0.15) is 15.9 Å². The maximum absolute atomic E-state index is 14.7. The zero-order valence-electron chi connectivity index (χ0n) is 16.8. The van der Waals surface area contributed by atoms with E-state index in [1.165, 1.54) is 10.8 Å². The molecule has 33 heavy (non-hydrogen) atoms. The van der Waals surface area contributed by atoms with Gasteiger partial charge >= 0.3 is 0 Å². The van der Waals surface area contributed by atoms with E-state index in [0.29, 0.717) is 21.6 Å². The first-order valence-electron chi connectivity index (χ1n) is 9.26. The average molecular weight is 503 g/mol. The van der Waals surface area contributed by atoms with Crippen molar-refractivity contribution >= 4 is 50.2 Å². The van der Waals surface area contributed by atoms with Crippen LogP contribution in [0.5, 0.6) is 0 Å². The second kappa shape index (κ2) is 8.48. The number of pyridine rings is 1. The number of nitrogens with one attached hydrogen (secondary N) is 1. The molecule has 2 aromatic heterocycles. The van der Waals surface area contributed by atoms with Crippen LogP contribution in [0.3, 0.4) is 0 Å². The predicted molar refractivity (Wildman–Crippen MR) is 124 cm³/mol. The summed E-state index contributed by atoms with van der Waals surface area (Å²) in [7, 11) is -3.88. The molecule has 0 spiro atoms. The predicted octanol–water partition coefficient (Wildman–Crippen LogP) is 4.70. The van der Waals surface area contributed by atoms with Crippen LogP contribution in [0.4, 0.5) is 4.39 Å². The highest BCUT2D eigenvalue weighted by Gasteiger charge is 2.20. The van der Waals surface area contributed by atoms with E-state index in [2.05, 4.69) is 11.1 Å². The lowest BCUT2D eigenvalue weighted by molar-refractivity contribution is 0.0978. The summed E-state index contributed by atoms with van der Waals surface area (Å²) in [5, 5.41) is 9.86. The second-order valence-corrected chi connectivity index (χ2v) is 9.68. The minimum absolute atomic E-state index is 0.0124. The van der Waals surface area contributed by atoms with Gasteiger partial charge in [-0.15, -0.1) is 0 Å². The van der Waals surface area contributed by atoms with Gasteiger partial charge in [0.25, 0.3) is 5.91 Å². The van der Waals surface area contributed by atoms with Gasteiger partial charge in [-0.25, -0.2) is 22.5 Å². The fourth-order valence-corrected chi connectivity index (χ4v) is 4.20. The lowest BCUT2D eigenvalue weighted by Crippen LogP contribution is -2.30.